The number of amides is 2. The standard InChI is InChI=1S/C29H29ClN6O2/c1-2-16-33-29(37)36(17-20-8-12-23(30)13-9-20)24-14-10-22(11-15-24)26-25(34-28(32)35-27(26)31)19-38-18-21-6-4-3-5-7-21/h2-15H,1,16-19H2,(H,33,37)(H4,31,32,34,35). The Hall–Kier alpha value is -4.40. The highest BCUT2D eigenvalue weighted by atomic mass is 35.5. The molecule has 194 valence electrons. The van der Waals surface area contributed by atoms with Gasteiger partial charge in [-0.15, -0.1) is 6.58 Å². The SMILES string of the molecule is C=CCNC(=O)N(Cc1ccc(Cl)cc1)c1ccc(-c2c(N)nc(N)nc2COCc2ccccc2)cc1. The van der Waals surface area contributed by atoms with Gasteiger partial charge in [-0.05, 0) is 41.0 Å². The molecule has 2 amide bonds. The van der Waals surface area contributed by atoms with E-state index in [-0.39, 0.29) is 24.4 Å². The Kier molecular flexibility index (Phi) is 8.92. The van der Waals surface area contributed by atoms with Crippen molar-refractivity contribution in [2.75, 3.05) is 22.9 Å². The summed E-state index contributed by atoms with van der Waals surface area (Å²) in [6.45, 7) is 5.00. The molecule has 9 heteroatoms. The van der Waals surface area contributed by atoms with Gasteiger partial charge in [0.05, 0.1) is 25.5 Å². The third kappa shape index (κ3) is 6.88. The van der Waals surface area contributed by atoms with Crippen molar-refractivity contribution >= 4 is 35.1 Å². The molecule has 38 heavy (non-hydrogen) atoms. The number of ether oxygens (including phenoxy) is 1. The first-order chi connectivity index (χ1) is 18.4. The lowest BCUT2D eigenvalue weighted by Crippen LogP contribution is -2.39. The molecule has 0 atom stereocenters. The topological polar surface area (TPSA) is 119 Å². The summed E-state index contributed by atoms with van der Waals surface area (Å²) in [6, 6.07) is 24.4. The van der Waals surface area contributed by atoms with Crippen molar-refractivity contribution in [3.05, 3.63) is 113 Å². The van der Waals surface area contributed by atoms with Gasteiger partial charge >= 0.3 is 6.03 Å². The van der Waals surface area contributed by atoms with E-state index in [1.807, 2.05) is 66.7 Å². The van der Waals surface area contributed by atoms with Crippen LogP contribution in [-0.2, 0) is 24.5 Å². The molecule has 4 aromatic rings. The lowest BCUT2D eigenvalue weighted by atomic mass is 10.0. The minimum absolute atomic E-state index is 0.0780. The fourth-order valence-corrected chi connectivity index (χ4v) is 4.05. The maximum atomic E-state index is 13.0. The number of urea groups is 1. The number of carbonyl (C=O) groups excluding carboxylic acids is 1. The highest BCUT2D eigenvalue weighted by molar-refractivity contribution is 6.30. The second-order valence-electron chi connectivity index (χ2n) is 8.50. The van der Waals surface area contributed by atoms with E-state index < -0.39 is 0 Å². The molecular formula is C29H29ClN6O2. The summed E-state index contributed by atoms with van der Waals surface area (Å²) in [7, 11) is 0. The summed E-state index contributed by atoms with van der Waals surface area (Å²) in [5.41, 5.74) is 16.8. The van der Waals surface area contributed by atoms with Crippen LogP contribution in [0.15, 0.2) is 91.5 Å². The van der Waals surface area contributed by atoms with E-state index >= 15 is 0 Å². The zero-order valence-corrected chi connectivity index (χ0v) is 21.6. The van der Waals surface area contributed by atoms with Crippen LogP contribution in [0.2, 0.25) is 5.02 Å². The number of rotatable bonds is 10. The van der Waals surface area contributed by atoms with Crippen molar-refractivity contribution in [2.24, 2.45) is 0 Å². The highest BCUT2D eigenvalue weighted by Crippen LogP contribution is 2.31. The summed E-state index contributed by atoms with van der Waals surface area (Å²) in [5.74, 6) is 0.333. The summed E-state index contributed by atoms with van der Waals surface area (Å²) in [5, 5.41) is 3.47. The van der Waals surface area contributed by atoms with Gasteiger partial charge in [0.2, 0.25) is 5.95 Å². The maximum Gasteiger partial charge on any atom is 0.322 e. The monoisotopic (exact) mass is 528 g/mol. The highest BCUT2D eigenvalue weighted by Gasteiger charge is 2.18. The summed E-state index contributed by atoms with van der Waals surface area (Å²) >= 11 is 6.03. The van der Waals surface area contributed by atoms with E-state index in [9.17, 15) is 4.79 Å². The summed E-state index contributed by atoms with van der Waals surface area (Å²) in [4.78, 5) is 23.2. The van der Waals surface area contributed by atoms with Crippen LogP contribution in [-0.4, -0.2) is 22.5 Å². The third-order valence-corrected chi connectivity index (χ3v) is 6.00. The van der Waals surface area contributed by atoms with Gasteiger partial charge in [0.25, 0.3) is 0 Å². The van der Waals surface area contributed by atoms with Crippen molar-refractivity contribution in [3.63, 3.8) is 0 Å². The second-order valence-corrected chi connectivity index (χ2v) is 8.94. The third-order valence-electron chi connectivity index (χ3n) is 5.74. The first kappa shape index (κ1) is 26.7. The van der Waals surface area contributed by atoms with Crippen LogP contribution in [0.5, 0.6) is 0 Å². The number of hydrogen-bond donors (Lipinski definition) is 3. The van der Waals surface area contributed by atoms with Gasteiger partial charge in [0, 0.05) is 22.8 Å². The molecule has 5 N–H and O–H groups in total. The average Bonchev–Trinajstić information content (AvgIpc) is 2.92. The fourth-order valence-electron chi connectivity index (χ4n) is 3.92. The molecule has 0 saturated heterocycles. The van der Waals surface area contributed by atoms with Crippen LogP contribution >= 0.6 is 11.6 Å². The molecule has 0 aliphatic rings. The predicted octanol–water partition coefficient (Wildman–Crippen LogP) is 5.58. The molecule has 0 aliphatic carbocycles. The van der Waals surface area contributed by atoms with Crippen LogP contribution < -0.4 is 21.7 Å². The van der Waals surface area contributed by atoms with Crippen LogP contribution in [0.4, 0.5) is 22.2 Å². The number of hydrogen-bond acceptors (Lipinski definition) is 6. The van der Waals surface area contributed by atoms with Crippen molar-refractivity contribution in [1.29, 1.82) is 0 Å². The maximum absolute atomic E-state index is 13.0. The number of carbonyl (C=O) groups is 1. The molecular weight excluding hydrogens is 500 g/mol. The van der Waals surface area contributed by atoms with Crippen molar-refractivity contribution in [1.82, 2.24) is 15.3 Å². The van der Waals surface area contributed by atoms with Gasteiger partial charge in [0.15, 0.2) is 0 Å². The van der Waals surface area contributed by atoms with E-state index in [4.69, 9.17) is 27.8 Å². The Morgan fingerprint density at radius 1 is 0.947 bits per heavy atom. The van der Waals surface area contributed by atoms with Gasteiger partial charge in [0.1, 0.15) is 5.82 Å². The first-order valence-corrected chi connectivity index (χ1v) is 12.4. The van der Waals surface area contributed by atoms with E-state index in [1.165, 1.54) is 0 Å². The summed E-state index contributed by atoms with van der Waals surface area (Å²) < 4.78 is 5.90. The van der Waals surface area contributed by atoms with E-state index in [2.05, 4.69) is 21.9 Å². The zero-order chi connectivity index (χ0) is 26.9. The molecule has 0 saturated carbocycles. The molecule has 0 bridgehead atoms. The molecule has 0 radical (unpaired) electrons. The van der Waals surface area contributed by atoms with Gasteiger partial charge < -0.3 is 21.5 Å². The minimum Gasteiger partial charge on any atom is -0.383 e. The van der Waals surface area contributed by atoms with E-state index in [1.54, 1.807) is 23.1 Å². The van der Waals surface area contributed by atoms with Crippen LogP contribution in [0.3, 0.4) is 0 Å². The van der Waals surface area contributed by atoms with Crippen molar-refractivity contribution < 1.29 is 9.53 Å². The van der Waals surface area contributed by atoms with Crippen molar-refractivity contribution in [3.8, 4) is 11.1 Å². The Morgan fingerprint density at radius 3 is 2.34 bits per heavy atom. The van der Waals surface area contributed by atoms with Crippen LogP contribution in [0.25, 0.3) is 11.1 Å². The predicted molar refractivity (Wildman–Crippen MR) is 152 cm³/mol. The fraction of sp³-hybridized carbons (Fsp3) is 0.138. The normalized spacial score (nSPS) is 10.7. The lowest BCUT2D eigenvalue weighted by Gasteiger charge is -2.24. The number of halogens is 1. The molecule has 0 unspecified atom stereocenters. The van der Waals surface area contributed by atoms with Crippen LogP contribution in [0.1, 0.15) is 16.8 Å². The lowest BCUT2D eigenvalue weighted by molar-refractivity contribution is 0.105. The van der Waals surface area contributed by atoms with E-state index in [0.717, 1.165) is 16.7 Å². The molecule has 0 fully saturated rings. The zero-order valence-electron chi connectivity index (χ0n) is 20.8. The number of nitrogens with zero attached hydrogens (tertiary/aromatic N) is 3. The second kappa shape index (κ2) is 12.7. The minimum atomic E-state index is -0.252. The van der Waals surface area contributed by atoms with Gasteiger partial charge in [-0.2, -0.15) is 4.98 Å². The van der Waals surface area contributed by atoms with Crippen LogP contribution in [0, 0.1) is 0 Å². The molecule has 1 heterocycles. The number of nitrogens with one attached hydrogen (secondary N) is 1. The molecule has 3 aromatic carbocycles. The Bertz CT molecular complexity index is 1380. The molecule has 1 aromatic heterocycles. The molecule has 0 spiro atoms. The van der Waals surface area contributed by atoms with Gasteiger partial charge in [-0.1, -0.05) is 72.3 Å². The largest absolute Gasteiger partial charge is 0.383 e. The molecule has 0 aliphatic heterocycles. The Morgan fingerprint density at radius 2 is 1.66 bits per heavy atom. The number of benzene rings is 3. The van der Waals surface area contributed by atoms with Crippen molar-refractivity contribution in [2.45, 2.75) is 19.8 Å². The molecule has 4 rings (SSSR count). The first-order valence-electron chi connectivity index (χ1n) is 12.0. The number of nitrogen functional groups attached to an aromatic ring is 2. The number of aromatic nitrogens is 2. The quantitative estimate of drug-likeness (QED) is 0.231. The Labute approximate surface area is 226 Å². The molecule has 8 nitrogen and oxygen atoms in total. The number of nitrogens with two attached hydrogens (primary N) is 2. The Balaban J connectivity index is 1.59. The number of anilines is 3. The summed E-state index contributed by atoms with van der Waals surface area (Å²) in [6.07, 6.45) is 1.63. The van der Waals surface area contributed by atoms with Gasteiger partial charge in [-0.25, -0.2) is 9.78 Å². The van der Waals surface area contributed by atoms with Gasteiger partial charge in [-0.3, -0.25) is 4.90 Å². The smallest absolute Gasteiger partial charge is 0.322 e. The average molecular weight is 529 g/mol. The van der Waals surface area contributed by atoms with E-state index in [0.29, 0.717) is 41.7 Å².